The van der Waals surface area contributed by atoms with Gasteiger partial charge in [-0.25, -0.2) is 4.79 Å². The fourth-order valence-electron chi connectivity index (χ4n) is 2.48. The Labute approximate surface area is 153 Å². The summed E-state index contributed by atoms with van der Waals surface area (Å²) in [7, 11) is -1.21. The Balaban J connectivity index is 2.08. The molecule has 0 saturated carbocycles. The van der Waals surface area contributed by atoms with E-state index in [-0.39, 0.29) is 30.3 Å². The standard InChI is InChI=1S/C18H25NO6Si/c1-26(2,3)11-10-24-12-25-15-8-4-7-14(20)16(15)17(21)19-9-5-6-13(19)18(22)23/h4-5,7-9,13,20H,6,10-12H2,1-3H3,(H,22,23)/t13-/m0/s1. The van der Waals surface area contributed by atoms with Gasteiger partial charge in [0, 0.05) is 20.9 Å². The summed E-state index contributed by atoms with van der Waals surface area (Å²) in [5.74, 6) is -1.83. The minimum Gasteiger partial charge on any atom is -0.507 e. The molecule has 1 amide bonds. The number of carboxylic acid groups (broad SMARTS) is 1. The lowest BCUT2D eigenvalue weighted by atomic mass is 10.1. The molecule has 0 saturated heterocycles. The van der Waals surface area contributed by atoms with Gasteiger partial charge in [0.1, 0.15) is 23.1 Å². The van der Waals surface area contributed by atoms with E-state index in [1.54, 1.807) is 18.2 Å². The van der Waals surface area contributed by atoms with Gasteiger partial charge < -0.3 is 24.6 Å². The summed E-state index contributed by atoms with van der Waals surface area (Å²) in [5, 5.41) is 19.4. The topological polar surface area (TPSA) is 96.3 Å². The maximum atomic E-state index is 12.8. The van der Waals surface area contributed by atoms with E-state index in [0.29, 0.717) is 6.61 Å². The van der Waals surface area contributed by atoms with Gasteiger partial charge in [0.15, 0.2) is 6.79 Å². The van der Waals surface area contributed by atoms with Crippen LogP contribution in [-0.2, 0) is 9.53 Å². The number of ether oxygens (including phenoxy) is 2. The van der Waals surface area contributed by atoms with E-state index < -0.39 is 26.0 Å². The molecule has 0 radical (unpaired) electrons. The molecule has 1 aliphatic heterocycles. The summed E-state index contributed by atoms with van der Waals surface area (Å²) in [6, 6.07) is 4.47. The summed E-state index contributed by atoms with van der Waals surface area (Å²) in [5.41, 5.74) is -0.0703. The highest BCUT2D eigenvalue weighted by molar-refractivity contribution is 6.76. The van der Waals surface area contributed by atoms with Crippen LogP contribution in [0.25, 0.3) is 0 Å². The molecule has 26 heavy (non-hydrogen) atoms. The first-order chi connectivity index (χ1) is 12.2. The number of amides is 1. The molecule has 2 rings (SSSR count). The van der Waals surface area contributed by atoms with Crippen molar-refractivity contribution in [2.45, 2.75) is 38.1 Å². The number of aliphatic carboxylic acids is 1. The largest absolute Gasteiger partial charge is 0.507 e. The maximum Gasteiger partial charge on any atom is 0.327 e. The van der Waals surface area contributed by atoms with Crippen LogP contribution in [0, 0.1) is 0 Å². The van der Waals surface area contributed by atoms with Crippen LogP contribution in [-0.4, -0.2) is 54.5 Å². The average Bonchev–Trinajstić information content (AvgIpc) is 3.03. The number of carboxylic acids is 1. The first kappa shape index (κ1) is 20.0. The zero-order chi connectivity index (χ0) is 19.3. The Kier molecular flexibility index (Phi) is 6.44. The zero-order valence-electron chi connectivity index (χ0n) is 15.3. The number of hydrogen-bond acceptors (Lipinski definition) is 5. The normalized spacial score (nSPS) is 16.7. The molecular formula is C18H25NO6Si. The summed E-state index contributed by atoms with van der Waals surface area (Å²) in [6.07, 6.45) is 3.25. The zero-order valence-corrected chi connectivity index (χ0v) is 16.3. The minimum atomic E-state index is -1.21. The molecule has 7 nitrogen and oxygen atoms in total. The molecule has 0 aliphatic carbocycles. The highest BCUT2D eigenvalue weighted by Gasteiger charge is 2.34. The van der Waals surface area contributed by atoms with Crippen molar-refractivity contribution in [1.82, 2.24) is 4.90 Å². The third kappa shape index (κ3) is 5.09. The van der Waals surface area contributed by atoms with E-state index in [1.165, 1.54) is 12.3 Å². The fraction of sp³-hybridized carbons (Fsp3) is 0.444. The summed E-state index contributed by atoms with van der Waals surface area (Å²) < 4.78 is 11.0. The van der Waals surface area contributed by atoms with Crippen LogP contribution >= 0.6 is 0 Å². The lowest BCUT2D eigenvalue weighted by Gasteiger charge is -2.22. The van der Waals surface area contributed by atoms with E-state index >= 15 is 0 Å². The first-order valence-corrected chi connectivity index (χ1v) is 12.2. The quantitative estimate of drug-likeness (QED) is 0.410. The lowest BCUT2D eigenvalue weighted by Crippen LogP contribution is -2.38. The second kappa shape index (κ2) is 8.37. The van der Waals surface area contributed by atoms with Crippen LogP contribution < -0.4 is 4.74 Å². The number of nitrogens with zero attached hydrogens (tertiary/aromatic N) is 1. The van der Waals surface area contributed by atoms with Crippen LogP contribution in [0.2, 0.25) is 25.7 Å². The van der Waals surface area contributed by atoms with Crippen molar-refractivity contribution in [2.24, 2.45) is 0 Å². The van der Waals surface area contributed by atoms with Crippen LogP contribution in [0.1, 0.15) is 16.8 Å². The molecule has 1 heterocycles. The van der Waals surface area contributed by atoms with E-state index in [1.807, 2.05) is 0 Å². The van der Waals surface area contributed by atoms with E-state index in [0.717, 1.165) is 10.9 Å². The van der Waals surface area contributed by atoms with Crippen molar-refractivity contribution < 1.29 is 29.3 Å². The van der Waals surface area contributed by atoms with Crippen molar-refractivity contribution >= 4 is 20.0 Å². The van der Waals surface area contributed by atoms with Gasteiger partial charge >= 0.3 is 5.97 Å². The number of benzene rings is 1. The molecular weight excluding hydrogens is 354 g/mol. The summed E-state index contributed by atoms with van der Waals surface area (Å²) in [6.45, 7) is 7.24. The Morgan fingerprint density at radius 3 is 2.69 bits per heavy atom. The summed E-state index contributed by atoms with van der Waals surface area (Å²) in [4.78, 5) is 25.2. The SMILES string of the molecule is C[Si](C)(C)CCOCOc1cccc(O)c1C(=O)N1C=CC[C@H]1C(=O)O. The summed E-state index contributed by atoms with van der Waals surface area (Å²) >= 11 is 0. The molecule has 0 bridgehead atoms. The second-order valence-electron chi connectivity index (χ2n) is 7.32. The smallest absolute Gasteiger partial charge is 0.327 e. The number of phenolic OH excluding ortho intramolecular Hbond substituents is 1. The number of phenols is 1. The number of carbonyl (C=O) groups excluding carboxylic acids is 1. The van der Waals surface area contributed by atoms with E-state index in [2.05, 4.69) is 19.6 Å². The molecule has 0 unspecified atom stereocenters. The molecule has 2 N–H and O–H groups in total. The molecule has 1 aromatic rings. The van der Waals surface area contributed by atoms with Crippen molar-refractivity contribution in [3.8, 4) is 11.5 Å². The predicted octanol–water partition coefficient (Wildman–Crippen LogP) is 2.90. The molecule has 142 valence electrons. The van der Waals surface area contributed by atoms with Crippen LogP contribution in [0.5, 0.6) is 11.5 Å². The Morgan fingerprint density at radius 2 is 2.04 bits per heavy atom. The molecule has 0 aromatic heterocycles. The van der Waals surface area contributed by atoms with Crippen LogP contribution in [0.15, 0.2) is 30.5 Å². The average molecular weight is 379 g/mol. The fourth-order valence-corrected chi connectivity index (χ4v) is 3.23. The minimum absolute atomic E-state index is 0.0492. The molecule has 0 fully saturated rings. The first-order valence-electron chi connectivity index (χ1n) is 8.45. The number of rotatable bonds is 8. The van der Waals surface area contributed by atoms with Gasteiger partial charge in [-0.3, -0.25) is 4.79 Å². The van der Waals surface area contributed by atoms with Crippen molar-refractivity contribution in [2.75, 3.05) is 13.4 Å². The molecule has 1 atom stereocenters. The van der Waals surface area contributed by atoms with Gasteiger partial charge in [-0.2, -0.15) is 0 Å². The van der Waals surface area contributed by atoms with Gasteiger partial charge in [0.2, 0.25) is 0 Å². The third-order valence-corrected chi connectivity index (χ3v) is 5.70. The Bertz CT molecular complexity index is 697. The molecule has 1 aromatic carbocycles. The van der Waals surface area contributed by atoms with Crippen LogP contribution in [0.4, 0.5) is 0 Å². The highest BCUT2D eigenvalue weighted by Crippen LogP contribution is 2.31. The van der Waals surface area contributed by atoms with E-state index in [4.69, 9.17) is 9.47 Å². The number of aromatic hydroxyl groups is 1. The molecule has 8 heteroatoms. The number of carbonyl (C=O) groups is 2. The van der Waals surface area contributed by atoms with Gasteiger partial charge in [-0.1, -0.05) is 31.8 Å². The van der Waals surface area contributed by atoms with E-state index in [9.17, 15) is 19.8 Å². The van der Waals surface area contributed by atoms with Crippen LogP contribution in [0.3, 0.4) is 0 Å². The van der Waals surface area contributed by atoms with Crippen molar-refractivity contribution in [1.29, 1.82) is 0 Å². The van der Waals surface area contributed by atoms with Crippen molar-refractivity contribution in [3.63, 3.8) is 0 Å². The lowest BCUT2D eigenvalue weighted by molar-refractivity contribution is -0.141. The van der Waals surface area contributed by atoms with Crippen molar-refractivity contribution in [3.05, 3.63) is 36.0 Å². The number of hydrogen-bond donors (Lipinski definition) is 2. The van der Waals surface area contributed by atoms with Gasteiger partial charge in [0.05, 0.1) is 0 Å². The second-order valence-corrected chi connectivity index (χ2v) is 12.9. The van der Waals surface area contributed by atoms with Gasteiger partial charge in [-0.15, -0.1) is 0 Å². The maximum absolute atomic E-state index is 12.8. The predicted molar refractivity (Wildman–Crippen MR) is 99.1 cm³/mol. The monoisotopic (exact) mass is 379 g/mol. The third-order valence-electron chi connectivity index (χ3n) is 3.99. The van der Waals surface area contributed by atoms with Gasteiger partial charge in [0.25, 0.3) is 5.91 Å². The van der Waals surface area contributed by atoms with Gasteiger partial charge in [-0.05, 0) is 24.6 Å². The highest BCUT2D eigenvalue weighted by atomic mass is 28.3. The Morgan fingerprint density at radius 1 is 1.31 bits per heavy atom. The molecule has 1 aliphatic rings. The Hall–Kier alpha value is -2.32. The molecule has 0 spiro atoms.